The van der Waals surface area contributed by atoms with Crippen LogP contribution in [0.5, 0.6) is 0 Å². The molecule has 1 N–H and O–H groups in total. The fourth-order valence-corrected chi connectivity index (χ4v) is 2.42. The number of carbonyl (C=O) groups is 2. The molecule has 0 aliphatic rings. The second-order valence-corrected chi connectivity index (χ2v) is 5.54. The maximum atomic E-state index is 12.1. The minimum atomic E-state index is -0.333. The summed E-state index contributed by atoms with van der Waals surface area (Å²) in [4.78, 5) is 26.0. The molecule has 0 aromatic heterocycles. The molecule has 0 bridgehead atoms. The van der Waals surface area contributed by atoms with Crippen LogP contribution in [-0.2, 0) is 9.53 Å². The van der Waals surface area contributed by atoms with Crippen LogP contribution in [0.1, 0.15) is 50.9 Å². The molecule has 0 aliphatic heterocycles. The average Bonchev–Trinajstić information content (AvgIpc) is 2.54. The van der Waals surface area contributed by atoms with Crippen LogP contribution in [0.2, 0.25) is 0 Å². The molecule has 0 aliphatic carbocycles. The summed E-state index contributed by atoms with van der Waals surface area (Å²) in [5.41, 5.74) is 1.18. The van der Waals surface area contributed by atoms with Crippen LogP contribution in [0, 0.1) is 0 Å². The summed E-state index contributed by atoms with van der Waals surface area (Å²) < 4.78 is 5.07. The summed E-state index contributed by atoms with van der Waals surface area (Å²) in [6.07, 6.45) is 1.24. The Morgan fingerprint density at radius 2 is 1.74 bits per heavy atom. The Morgan fingerprint density at radius 1 is 1.13 bits per heavy atom. The number of benzene rings is 1. The van der Waals surface area contributed by atoms with Crippen molar-refractivity contribution in [1.29, 1.82) is 0 Å². The molecule has 5 nitrogen and oxygen atoms in total. The lowest BCUT2D eigenvalue weighted by Gasteiger charge is -2.25. The molecule has 0 fully saturated rings. The van der Waals surface area contributed by atoms with E-state index >= 15 is 0 Å². The molecular formula is C18H28N2O3. The summed E-state index contributed by atoms with van der Waals surface area (Å²) in [6.45, 7) is 10.5. The van der Waals surface area contributed by atoms with E-state index in [1.165, 1.54) is 0 Å². The molecule has 0 spiro atoms. The van der Waals surface area contributed by atoms with E-state index in [4.69, 9.17) is 4.74 Å². The summed E-state index contributed by atoms with van der Waals surface area (Å²) in [7, 11) is 0. The van der Waals surface area contributed by atoms with Crippen LogP contribution < -0.4 is 5.32 Å². The number of hydrogen-bond acceptors (Lipinski definition) is 4. The Balaban J connectivity index is 2.54. The van der Waals surface area contributed by atoms with Crippen molar-refractivity contribution in [2.45, 2.75) is 46.6 Å². The van der Waals surface area contributed by atoms with Crippen molar-refractivity contribution in [3.05, 3.63) is 29.8 Å². The van der Waals surface area contributed by atoms with Gasteiger partial charge in [0.15, 0.2) is 0 Å². The first-order valence-corrected chi connectivity index (χ1v) is 8.32. The third-order valence-corrected chi connectivity index (χ3v) is 3.76. The summed E-state index contributed by atoms with van der Waals surface area (Å²) in [6, 6.07) is 6.99. The predicted octanol–water partition coefficient (Wildman–Crippen LogP) is 3.31. The Hall–Kier alpha value is -1.88. The van der Waals surface area contributed by atoms with Gasteiger partial charge in [-0.05, 0) is 50.7 Å². The van der Waals surface area contributed by atoms with E-state index in [0.717, 1.165) is 19.5 Å². The van der Waals surface area contributed by atoms with E-state index in [0.29, 0.717) is 24.3 Å². The van der Waals surface area contributed by atoms with Crippen molar-refractivity contribution in [2.75, 3.05) is 25.0 Å². The number of carbonyl (C=O) groups excluding carboxylic acids is 2. The first-order chi connectivity index (χ1) is 11.0. The standard InChI is InChI=1S/C18H28N2O3/c1-5-12-23-18(22)15-8-10-16(11-9-15)19-17(21)13-14(4)20(6-2)7-3/h8-11,14H,5-7,12-13H2,1-4H3,(H,19,21). The highest BCUT2D eigenvalue weighted by atomic mass is 16.5. The van der Waals surface area contributed by atoms with Crippen LogP contribution in [0.4, 0.5) is 5.69 Å². The molecule has 1 atom stereocenters. The van der Waals surface area contributed by atoms with Gasteiger partial charge in [-0.25, -0.2) is 4.79 Å². The highest BCUT2D eigenvalue weighted by Gasteiger charge is 2.14. The van der Waals surface area contributed by atoms with Crippen LogP contribution in [0.3, 0.4) is 0 Å². The number of hydrogen-bond donors (Lipinski definition) is 1. The molecule has 1 amide bonds. The molecule has 5 heteroatoms. The highest BCUT2D eigenvalue weighted by Crippen LogP contribution is 2.12. The van der Waals surface area contributed by atoms with Gasteiger partial charge in [0, 0.05) is 18.2 Å². The molecule has 0 heterocycles. The van der Waals surface area contributed by atoms with Crippen LogP contribution in [0.25, 0.3) is 0 Å². The van der Waals surface area contributed by atoms with Crippen molar-refractivity contribution < 1.29 is 14.3 Å². The zero-order chi connectivity index (χ0) is 17.2. The maximum Gasteiger partial charge on any atom is 0.338 e. The third-order valence-electron chi connectivity index (χ3n) is 3.76. The van der Waals surface area contributed by atoms with E-state index in [1.807, 2.05) is 6.92 Å². The lowest BCUT2D eigenvalue weighted by Crippen LogP contribution is -2.35. The zero-order valence-electron chi connectivity index (χ0n) is 14.6. The van der Waals surface area contributed by atoms with E-state index in [-0.39, 0.29) is 17.9 Å². The van der Waals surface area contributed by atoms with Gasteiger partial charge >= 0.3 is 5.97 Å². The van der Waals surface area contributed by atoms with E-state index in [1.54, 1.807) is 24.3 Å². The minimum Gasteiger partial charge on any atom is -0.462 e. The zero-order valence-corrected chi connectivity index (χ0v) is 14.6. The Kier molecular flexibility index (Phi) is 8.33. The van der Waals surface area contributed by atoms with Crippen molar-refractivity contribution in [3.8, 4) is 0 Å². The van der Waals surface area contributed by atoms with Crippen molar-refractivity contribution in [1.82, 2.24) is 4.90 Å². The summed E-state index contributed by atoms with van der Waals surface area (Å²) >= 11 is 0. The van der Waals surface area contributed by atoms with Gasteiger partial charge in [-0.15, -0.1) is 0 Å². The molecule has 23 heavy (non-hydrogen) atoms. The lowest BCUT2D eigenvalue weighted by molar-refractivity contribution is -0.117. The Labute approximate surface area is 139 Å². The molecule has 0 radical (unpaired) electrons. The average molecular weight is 320 g/mol. The first kappa shape index (κ1) is 19.2. The number of ether oxygens (including phenoxy) is 1. The van der Waals surface area contributed by atoms with Gasteiger partial charge in [0.1, 0.15) is 0 Å². The third kappa shape index (κ3) is 6.40. The van der Waals surface area contributed by atoms with Crippen LogP contribution >= 0.6 is 0 Å². The predicted molar refractivity (Wildman–Crippen MR) is 92.6 cm³/mol. The van der Waals surface area contributed by atoms with Crippen molar-refractivity contribution >= 4 is 17.6 Å². The summed E-state index contributed by atoms with van der Waals surface area (Å²) in [5.74, 6) is -0.356. The fraction of sp³-hybridized carbons (Fsp3) is 0.556. The first-order valence-electron chi connectivity index (χ1n) is 8.32. The molecule has 1 unspecified atom stereocenters. The number of amides is 1. The topological polar surface area (TPSA) is 58.6 Å². The van der Waals surface area contributed by atoms with Gasteiger partial charge in [0.25, 0.3) is 0 Å². The Bertz CT molecular complexity index is 495. The number of esters is 1. The Morgan fingerprint density at radius 3 is 2.26 bits per heavy atom. The molecule has 1 aromatic rings. The van der Waals surface area contributed by atoms with Gasteiger partial charge in [0.05, 0.1) is 12.2 Å². The number of anilines is 1. The quantitative estimate of drug-likeness (QED) is 0.709. The maximum absolute atomic E-state index is 12.1. The van der Waals surface area contributed by atoms with Crippen LogP contribution in [0.15, 0.2) is 24.3 Å². The SMILES string of the molecule is CCCOC(=O)c1ccc(NC(=O)CC(C)N(CC)CC)cc1. The number of nitrogens with one attached hydrogen (secondary N) is 1. The van der Waals surface area contributed by atoms with Gasteiger partial charge in [0.2, 0.25) is 5.91 Å². The highest BCUT2D eigenvalue weighted by molar-refractivity contribution is 5.93. The monoisotopic (exact) mass is 320 g/mol. The lowest BCUT2D eigenvalue weighted by atomic mass is 10.1. The second-order valence-electron chi connectivity index (χ2n) is 5.54. The van der Waals surface area contributed by atoms with E-state index < -0.39 is 0 Å². The van der Waals surface area contributed by atoms with Gasteiger partial charge in [-0.3, -0.25) is 4.79 Å². The van der Waals surface area contributed by atoms with Gasteiger partial charge in [-0.2, -0.15) is 0 Å². The molecule has 1 aromatic carbocycles. The van der Waals surface area contributed by atoms with Crippen molar-refractivity contribution in [2.24, 2.45) is 0 Å². The number of nitrogens with zero attached hydrogens (tertiary/aromatic N) is 1. The second kappa shape index (κ2) is 10.0. The molecule has 1 rings (SSSR count). The number of rotatable bonds is 9. The summed E-state index contributed by atoms with van der Waals surface area (Å²) in [5, 5.41) is 2.87. The largest absolute Gasteiger partial charge is 0.462 e. The van der Waals surface area contributed by atoms with Crippen LogP contribution in [-0.4, -0.2) is 42.5 Å². The van der Waals surface area contributed by atoms with E-state index in [9.17, 15) is 9.59 Å². The fourth-order valence-electron chi connectivity index (χ4n) is 2.42. The molecular weight excluding hydrogens is 292 g/mol. The van der Waals surface area contributed by atoms with E-state index in [2.05, 4.69) is 31.0 Å². The van der Waals surface area contributed by atoms with Crippen molar-refractivity contribution in [3.63, 3.8) is 0 Å². The van der Waals surface area contributed by atoms with Gasteiger partial charge < -0.3 is 15.0 Å². The molecule has 0 saturated carbocycles. The minimum absolute atomic E-state index is 0.0225. The molecule has 128 valence electrons. The normalized spacial score (nSPS) is 12.0. The van der Waals surface area contributed by atoms with Gasteiger partial charge in [-0.1, -0.05) is 20.8 Å². The molecule has 0 saturated heterocycles. The smallest absolute Gasteiger partial charge is 0.338 e.